The molecule has 0 saturated carbocycles. The summed E-state index contributed by atoms with van der Waals surface area (Å²) in [6.45, 7) is 0.0787. The topological polar surface area (TPSA) is 86.7 Å². The molecule has 2 aliphatic heterocycles. The summed E-state index contributed by atoms with van der Waals surface area (Å²) in [6, 6.07) is 24.4. The van der Waals surface area contributed by atoms with Crippen molar-refractivity contribution < 1.29 is 19.5 Å². The maximum Gasteiger partial charge on any atom is 0.322 e. The number of carbonyl (C=O) groups is 3. The zero-order valence-electron chi connectivity index (χ0n) is 19.1. The smallest absolute Gasteiger partial charge is 0.322 e. The molecule has 0 radical (unpaired) electrons. The number of benzene rings is 3. The number of nitrogens with one attached hydrogen (secondary N) is 1. The van der Waals surface area contributed by atoms with E-state index in [1.165, 1.54) is 23.5 Å². The first-order chi connectivity index (χ1) is 17.4. The van der Waals surface area contributed by atoms with Gasteiger partial charge in [-0.1, -0.05) is 82.7 Å². The number of β-lactam (4-membered cyclic amide) rings is 1. The second-order valence-electron chi connectivity index (χ2n) is 8.78. The molecular weight excluding hydrogens is 560 g/mol. The second-order valence-corrected chi connectivity index (χ2v) is 12.2. The van der Waals surface area contributed by atoms with Gasteiger partial charge in [-0.25, -0.2) is 0 Å². The van der Waals surface area contributed by atoms with Crippen LogP contribution < -0.4 is 5.32 Å². The molecule has 184 valence electrons. The molecule has 1 unspecified atom stereocenters. The Morgan fingerprint density at radius 2 is 1.78 bits per heavy atom. The number of amides is 2. The second kappa shape index (κ2) is 10.3. The van der Waals surface area contributed by atoms with E-state index in [1.54, 1.807) is 4.90 Å². The number of hydrogen-bond acceptors (Lipinski definition) is 5. The van der Waals surface area contributed by atoms with Crippen LogP contribution in [0, 0.1) is 0 Å². The molecule has 2 saturated heterocycles. The highest BCUT2D eigenvalue weighted by molar-refractivity contribution is 9.10. The molecule has 5 rings (SSSR count). The van der Waals surface area contributed by atoms with Crippen LogP contribution in [0.2, 0.25) is 0 Å². The molecule has 2 amide bonds. The summed E-state index contributed by atoms with van der Waals surface area (Å²) in [5.74, 6) is -1.10. The fourth-order valence-corrected chi connectivity index (χ4v) is 7.98. The van der Waals surface area contributed by atoms with Crippen LogP contribution in [0.4, 0.5) is 0 Å². The van der Waals surface area contributed by atoms with Crippen LogP contribution >= 0.6 is 39.5 Å². The SMILES string of the molecule is O=C(Cc1ccccc1)N[C@@H]1C(=O)N2CC(Sc3cc(Br)ccc3-c3ccccc3)(C(=O)O)CS[C@H]12. The van der Waals surface area contributed by atoms with Crippen molar-refractivity contribution in [1.29, 1.82) is 0 Å². The highest BCUT2D eigenvalue weighted by Gasteiger charge is 2.58. The van der Waals surface area contributed by atoms with E-state index < -0.39 is 16.8 Å². The van der Waals surface area contributed by atoms with E-state index in [0.29, 0.717) is 5.75 Å². The van der Waals surface area contributed by atoms with Gasteiger partial charge in [0.1, 0.15) is 16.2 Å². The number of thioether (sulfide) groups is 2. The minimum absolute atomic E-state index is 0.0787. The first-order valence-electron chi connectivity index (χ1n) is 11.4. The fourth-order valence-electron chi connectivity index (χ4n) is 4.44. The Balaban J connectivity index is 1.32. The first-order valence-corrected chi connectivity index (χ1v) is 14.0. The van der Waals surface area contributed by atoms with Crippen LogP contribution in [0.1, 0.15) is 5.56 Å². The lowest BCUT2D eigenvalue weighted by Gasteiger charge is -2.53. The van der Waals surface area contributed by atoms with Crippen LogP contribution in [-0.2, 0) is 20.8 Å². The number of nitrogens with zero attached hydrogens (tertiary/aromatic N) is 1. The summed E-state index contributed by atoms with van der Waals surface area (Å²) in [5.41, 5.74) is 2.81. The van der Waals surface area contributed by atoms with E-state index in [4.69, 9.17) is 0 Å². The van der Waals surface area contributed by atoms with Crippen molar-refractivity contribution >= 4 is 57.2 Å². The summed E-state index contributed by atoms with van der Waals surface area (Å²) in [4.78, 5) is 40.5. The van der Waals surface area contributed by atoms with Gasteiger partial charge in [-0.05, 0) is 28.8 Å². The molecule has 3 aromatic rings. The molecule has 0 aromatic heterocycles. The molecule has 0 spiro atoms. The van der Waals surface area contributed by atoms with Crippen molar-refractivity contribution in [2.24, 2.45) is 0 Å². The molecule has 2 N–H and O–H groups in total. The number of carboxylic acid groups (broad SMARTS) is 1. The fraction of sp³-hybridized carbons (Fsp3) is 0.222. The Morgan fingerprint density at radius 3 is 2.47 bits per heavy atom. The zero-order chi connectivity index (χ0) is 25.3. The molecule has 2 heterocycles. The number of carbonyl (C=O) groups excluding carboxylic acids is 2. The quantitative estimate of drug-likeness (QED) is 0.393. The molecule has 0 bridgehead atoms. The van der Waals surface area contributed by atoms with Crippen molar-refractivity contribution in [2.75, 3.05) is 12.3 Å². The maximum atomic E-state index is 13.0. The normalized spacial score (nSPS) is 22.9. The highest BCUT2D eigenvalue weighted by atomic mass is 79.9. The Morgan fingerprint density at radius 1 is 1.08 bits per heavy atom. The van der Waals surface area contributed by atoms with Gasteiger partial charge in [0, 0.05) is 21.7 Å². The molecule has 0 aliphatic carbocycles. The van der Waals surface area contributed by atoms with Gasteiger partial charge in [0.2, 0.25) is 11.8 Å². The van der Waals surface area contributed by atoms with Gasteiger partial charge in [0.15, 0.2) is 0 Å². The van der Waals surface area contributed by atoms with Crippen LogP contribution in [0.25, 0.3) is 11.1 Å². The maximum absolute atomic E-state index is 13.0. The van der Waals surface area contributed by atoms with Gasteiger partial charge in [-0.15, -0.1) is 23.5 Å². The minimum Gasteiger partial charge on any atom is -0.480 e. The highest BCUT2D eigenvalue weighted by Crippen LogP contribution is 2.48. The monoisotopic (exact) mass is 582 g/mol. The molecule has 3 aromatic carbocycles. The van der Waals surface area contributed by atoms with Gasteiger partial charge < -0.3 is 15.3 Å². The Bertz CT molecular complexity index is 1310. The molecule has 36 heavy (non-hydrogen) atoms. The van der Waals surface area contributed by atoms with Crippen LogP contribution in [0.15, 0.2) is 88.2 Å². The van der Waals surface area contributed by atoms with Crippen molar-refractivity contribution in [2.45, 2.75) is 27.5 Å². The number of fused-ring (bicyclic) bond motifs is 1. The number of aliphatic carboxylic acids is 1. The third-order valence-electron chi connectivity index (χ3n) is 6.30. The van der Waals surface area contributed by atoms with E-state index in [9.17, 15) is 19.5 Å². The summed E-state index contributed by atoms with van der Waals surface area (Å²) in [7, 11) is 0. The van der Waals surface area contributed by atoms with Crippen LogP contribution in [0.3, 0.4) is 0 Å². The molecule has 9 heteroatoms. The molecule has 6 nitrogen and oxygen atoms in total. The van der Waals surface area contributed by atoms with Gasteiger partial charge >= 0.3 is 5.97 Å². The van der Waals surface area contributed by atoms with Crippen LogP contribution in [0.5, 0.6) is 0 Å². The number of rotatable bonds is 7. The predicted molar refractivity (Wildman–Crippen MR) is 146 cm³/mol. The largest absolute Gasteiger partial charge is 0.480 e. The van der Waals surface area contributed by atoms with E-state index in [1.807, 2.05) is 78.9 Å². The lowest BCUT2D eigenvalue weighted by molar-refractivity contribution is -0.152. The molecule has 2 aliphatic rings. The van der Waals surface area contributed by atoms with Crippen molar-refractivity contribution in [3.8, 4) is 11.1 Å². The lowest BCUT2D eigenvalue weighted by Crippen LogP contribution is -2.74. The Kier molecular flexibility index (Phi) is 7.14. The summed E-state index contributed by atoms with van der Waals surface area (Å²) in [5, 5.41) is 12.9. The summed E-state index contributed by atoms with van der Waals surface area (Å²) in [6.07, 6.45) is 0.196. The Hall–Kier alpha value is -2.75. The van der Waals surface area contributed by atoms with E-state index >= 15 is 0 Å². The molecule has 3 atom stereocenters. The zero-order valence-corrected chi connectivity index (χ0v) is 22.3. The lowest BCUT2D eigenvalue weighted by atomic mass is 10.0. The molecular formula is C27H23BrN2O4S2. The van der Waals surface area contributed by atoms with E-state index in [2.05, 4.69) is 21.2 Å². The minimum atomic E-state index is -1.21. The standard InChI is InChI=1S/C27H23BrN2O4S2/c28-19-11-12-20(18-9-5-2-6-10-18)21(14-19)36-27(26(33)34)15-30-24(32)23(25(30)35-16-27)29-22(31)13-17-7-3-1-4-8-17/h1-12,14,23,25H,13,15-16H2,(H,29,31)(H,33,34)/t23-,25-,27?/m1/s1. The van der Waals surface area contributed by atoms with Gasteiger partial charge in [-0.3, -0.25) is 14.4 Å². The van der Waals surface area contributed by atoms with Crippen molar-refractivity contribution in [3.05, 3.63) is 88.9 Å². The Labute approximate surface area is 226 Å². The number of halogens is 1. The molecule has 2 fully saturated rings. The van der Waals surface area contributed by atoms with Gasteiger partial charge in [0.25, 0.3) is 0 Å². The van der Waals surface area contributed by atoms with Gasteiger partial charge in [0.05, 0.1) is 6.42 Å². The van der Waals surface area contributed by atoms with Gasteiger partial charge in [-0.2, -0.15) is 0 Å². The third kappa shape index (κ3) is 4.92. The third-order valence-corrected chi connectivity index (χ3v) is 9.90. The summed E-state index contributed by atoms with van der Waals surface area (Å²) >= 11 is 6.21. The van der Waals surface area contributed by atoms with E-state index in [-0.39, 0.29) is 30.2 Å². The van der Waals surface area contributed by atoms with E-state index in [0.717, 1.165) is 26.1 Å². The van der Waals surface area contributed by atoms with Crippen LogP contribution in [-0.4, -0.2) is 56.3 Å². The average molecular weight is 584 g/mol. The number of hydrogen-bond donors (Lipinski definition) is 2. The van der Waals surface area contributed by atoms with Crippen molar-refractivity contribution in [3.63, 3.8) is 0 Å². The average Bonchev–Trinajstić information content (AvgIpc) is 2.88. The number of carboxylic acids is 1. The van der Waals surface area contributed by atoms with Crippen molar-refractivity contribution in [1.82, 2.24) is 10.2 Å². The summed E-state index contributed by atoms with van der Waals surface area (Å²) < 4.78 is -0.354. The first kappa shape index (κ1) is 24.9. The predicted octanol–water partition coefficient (Wildman–Crippen LogP) is 4.67.